The number of esters is 1. The second-order valence-corrected chi connectivity index (χ2v) is 8.07. The number of carbonyl (C=O) groups is 3. The van der Waals surface area contributed by atoms with Crippen molar-refractivity contribution in [2.24, 2.45) is 0 Å². The second-order valence-electron chi connectivity index (χ2n) is 7.73. The average Bonchev–Trinajstić information content (AvgIpc) is 3.14. The number of carbonyl (C=O) groups excluding carboxylic acids is 3. The van der Waals surface area contributed by atoms with Gasteiger partial charge >= 0.3 is 5.97 Å². The molecule has 1 heterocycles. The number of aromatic nitrogens is 1. The molecule has 0 aliphatic rings. The van der Waals surface area contributed by atoms with E-state index in [1.165, 1.54) is 7.11 Å². The summed E-state index contributed by atoms with van der Waals surface area (Å²) in [5, 5.41) is -0.652. The van der Waals surface area contributed by atoms with Gasteiger partial charge in [-0.15, -0.1) is 0 Å². The van der Waals surface area contributed by atoms with Crippen LogP contribution in [0.25, 0.3) is 22.0 Å². The Kier molecular flexibility index (Phi) is 6.80. The number of benzene rings is 3. The quantitative estimate of drug-likeness (QED) is 0.152. The fourth-order valence-electron chi connectivity index (χ4n) is 4.00. The molecule has 0 atom stereocenters. The van der Waals surface area contributed by atoms with Gasteiger partial charge in [0.25, 0.3) is 5.24 Å². The van der Waals surface area contributed by atoms with Crippen molar-refractivity contribution >= 4 is 39.5 Å². The van der Waals surface area contributed by atoms with Gasteiger partial charge in [0, 0.05) is 12.2 Å². The summed E-state index contributed by atoms with van der Waals surface area (Å²) in [5.74, 6) is -1.09. The summed E-state index contributed by atoms with van der Waals surface area (Å²) in [4.78, 5) is 36.1. The molecule has 0 fully saturated rings. The van der Waals surface area contributed by atoms with Crippen molar-refractivity contribution in [1.82, 2.24) is 4.57 Å². The van der Waals surface area contributed by atoms with Crippen LogP contribution >= 0.6 is 11.6 Å². The topological polar surface area (TPSA) is 74.6 Å². The summed E-state index contributed by atoms with van der Waals surface area (Å²) in [7, 11) is 1.26. The first kappa shape index (κ1) is 23.3. The molecule has 6 nitrogen and oxygen atoms in total. The summed E-state index contributed by atoms with van der Waals surface area (Å²) in [6.45, 7) is 1.89. The lowest BCUT2D eigenvalue weighted by atomic mass is 10.0. The molecule has 1 aromatic heterocycles. The smallest absolute Gasteiger partial charge is 0.343 e. The SMILES string of the molecule is COC(=O)COc1cccc2c1c(C(=O)C(=O)Cl)c(C)n2Cc1ccc(-c2ccccc2)cc1. The van der Waals surface area contributed by atoms with Gasteiger partial charge in [0.05, 0.1) is 23.6 Å². The molecule has 0 bridgehead atoms. The predicted molar refractivity (Wildman–Crippen MR) is 130 cm³/mol. The Bertz CT molecular complexity index is 1370. The number of hydrogen-bond acceptors (Lipinski definition) is 5. The molecule has 0 spiro atoms. The molecule has 7 heteroatoms. The van der Waals surface area contributed by atoms with Crippen molar-refractivity contribution in [2.45, 2.75) is 13.5 Å². The number of ketones is 1. The minimum absolute atomic E-state index is 0.163. The number of halogens is 1. The zero-order valence-corrected chi connectivity index (χ0v) is 19.5. The van der Waals surface area contributed by atoms with Gasteiger partial charge in [-0.25, -0.2) is 4.79 Å². The van der Waals surface area contributed by atoms with Gasteiger partial charge in [0.2, 0.25) is 5.78 Å². The summed E-state index contributed by atoms with van der Waals surface area (Å²) >= 11 is 5.57. The summed E-state index contributed by atoms with van der Waals surface area (Å²) in [5.41, 5.74) is 4.66. The fourth-order valence-corrected chi connectivity index (χ4v) is 4.10. The number of rotatable bonds is 8. The van der Waals surface area contributed by atoms with E-state index in [1.807, 2.05) is 53.1 Å². The minimum Gasteiger partial charge on any atom is -0.481 e. The Hall–Kier alpha value is -3.90. The Balaban J connectivity index is 1.77. The molecule has 34 heavy (non-hydrogen) atoms. The maximum atomic E-state index is 12.8. The van der Waals surface area contributed by atoms with E-state index in [1.54, 1.807) is 19.1 Å². The van der Waals surface area contributed by atoms with Gasteiger partial charge in [0.1, 0.15) is 5.75 Å². The van der Waals surface area contributed by atoms with Crippen molar-refractivity contribution in [1.29, 1.82) is 0 Å². The number of nitrogens with zero attached hydrogens (tertiary/aromatic N) is 1. The van der Waals surface area contributed by atoms with E-state index >= 15 is 0 Å². The molecule has 4 rings (SSSR count). The van der Waals surface area contributed by atoms with Crippen LogP contribution in [0, 0.1) is 6.92 Å². The molecule has 0 radical (unpaired) electrons. The molecular formula is C27H22ClNO5. The molecule has 0 unspecified atom stereocenters. The van der Waals surface area contributed by atoms with Crippen molar-refractivity contribution < 1.29 is 23.9 Å². The first-order valence-electron chi connectivity index (χ1n) is 10.6. The zero-order chi connectivity index (χ0) is 24.2. The van der Waals surface area contributed by atoms with E-state index in [0.717, 1.165) is 16.7 Å². The van der Waals surface area contributed by atoms with Crippen molar-refractivity contribution in [3.8, 4) is 16.9 Å². The Morgan fingerprint density at radius 1 is 0.882 bits per heavy atom. The van der Waals surface area contributed by atoms with Gasteiger partial charge < -0.3 is 14.0 Å². The number of hydrogen-bond donors (Lipinski definition) is 0. The zero-order valence-electron chi connectivity index (χ0n) is 18.7. The molecule has 0 saturated carbocycles. The summed E-state index contributed by atoms with van der Waals surface area (Å²) in [6.07, 6.45) is 0. The summed E-state index contributed by atoms with van der Waals surface area (Å²) < 4.78 is 12.2. The van der Waals surface area contributed by atoms with Crippen molar-refractivity contribution in [3.05, 3.63) is 89.6 Å². The molecule has 0 saturated heterocycles. The molecule has 0 amide bonds. The molecule has 0 aliphatic carbocycles. The number of methoxy groups -OCH3 is 1. The van der Waals surface area contributed by atoms with Crippen LogP contribution in [-0.2, 0) is 20.9 Å². The Labute approximate surface area is 201 Å². The molecule has 172 valence electrons. The monoisotopic (exact) mass is 475 g/mol. The van der Waals surface area contributed by atoms with Crippen LogP contribution in [0.15, 0.2) is 72.8 Å². The number of ether oxygens (including phenoxy) is 2. The average molecular weight is 476 g/mol. The van der Waals surface area contributed by atoms with Crippen LogP contribution in [0.3, 0.4) is 0 Å². The third-order valence-electron chi connectivity index (χ3n) is 5.69. The molecule has 0 N–H and O–H groups in total. The maximum absolute atomic E-state index is 12.8. The lowest BCUT2D eigenvalue weighted by molar-refractivity contribution is -0.142. The minimum atomic E-state index is -1.09. The van der Waals surface area contributed by atoms with Crippen LogP contribution in [0.1, 0.15) is 21.6 Å². The third kappa shape index (κ3) is 4.58. The highest BCUT2D eigenvalue weighted by molar-refractivity contribution is 6.83. The highest BCUT2D eigenvalue weighted by Crippen LogP contribution is 2.35. The largest absolute Gasteiger partial charge is 0.481 e. The standard InChI is InChI=1S/C27H22ClNO5/c1-17-24(26(31)27(28)32)25-21(9-6-10-22(25)34-16-23(30)33-2)29(17)15-18-11-13-20(14-12-18)19-7-4-3-5-8-19/h3-14H,15-16H2,1-2H3. The van der Waals surface area contributed by atoms with Gasteiger partial charge in [-0.3, -0.25) is 9.59 Å². The highest BCUT2D eigenvalue weighted by Gasteiger charge is 2.26. The number of fused-ring (bicyclic) bond motifs is 1. The van der Waals surface area contributed by atoms with E-state index < -0.39 is 17.0 Å². The maximum Gasteiger partial charge on any atom is 0.343 e. The Morgan fingerprint density at radius 3 is 2.21 bits per heavy atom. The van der Waals surface area contributed by atoms with E-state index in [9.17, 15) is 14.4 Å². The summed E-state index contributed by atoms with van der Waals surface area (Å²) in [6, 6.07) is 23.5. The van der Waals surface area contributed by atoms with Crippen LogP contribution in [0.2, 0.25) is 0 Å². The van der Waals surface area contributed by atoms with Crippen molar-refractivity contribution in [2.75, 3.05) is 13.7 Å². The molecular weight excluding hydrogens is 454 g/mol. The van der Waals surface area contributed by atoms with Gasteiger partial charge in [-0.1, -0.05) is 60.7 Å². The van der Waals surface area contributed by atoms with E-state index in [-0.39, 0.29) is 12.2 Å². The molecule has 4 aromatic rings. The molecule has 3 aromatic carbocycles. The number of Topliss-reactive ketones (excluding diaryl/α,β-unsaturated/α-hetero) is 1. The van der Waals surface area contributed by atoms with Gasteiger partial charge in [0.15, 0.2) is 6.61 Å². The van der Waals surface area contributed by atoms with Crippen LogP contribution in [-0.4, -0.2) is 35.3 Å². The lowest BCUT2D eigenvalue weighted by Gasteiger charge is -2.11. The molecule has 0 aliphatic heterocycles. The normalized spacial score (nSPS) is 10.8. The van der Waals surface area contributed by atoms with Crippen molar-refractivity contribution in [3.63, 3.8) is 0 Å². The first-order valence-corrected chi connectivity index (χ1v) is 11.0. The van der Waals surface area contributed by atoms with E-state index in [4.69, 9.17) is 16.3 Å². The van der Waals surface area contributed by atoms with Crippen LogP contribution in [0.5, 0.6) is 5.75 Å². The van der Waals surface area contributed by atoms with Crippen LogP contribution in [0.4, 0.5) is 0 Å². The highest BCUT2D eigenvalue weighted by atomic mass is 35.5. The Morgan fingerprint density at radius 2 is 1.56 bits per heavy atom. The second kappa shape index (κ2) is 9.93. The van der Waals surface area contributed by atoms with Gasteiger partial charge in [-0.05, 0) is 47.3 Å². The fraction of sp³-hybridized carbons (Fsp3) is 0.148. The third-order valence-corrected chi connectivity index (χ3v) is 5.86. The van der Waals surface area contributed by atoms with Crippen LogP contribution < -0.4 is 4.74 Å². The van der Waals surface area contributed by atoms with E-state index in [0.29, 0.717) is 28.9 Å². The van der Waals surface area contributed by atoms with E-state index in [2.05, 4.69) is 16.9 Å². The van der Waals surface area contributed by atoms with Gasteiger partial charge in [-0.2, -0.15) is 0 Å². The first-order chi connectivity index (χ1) is 16.4. The lowest BCUT2D eigenvalue weighted by Crippen LogP contribution is -2.13. The predicted octanol–water partition coefficient (Wildman–Crippen LogP) is 5.16.